The Labute approximate surface area is 125 Å². The van der Waals surface area contributed by atoms with Gasteiger partial charge in [0.25, 0.3) is 15.0 Å². The maximum Gasteiger partial charge on any atom is 0.261 e. The van der Waals surface area contributed by atoms with E-state index in [9.17, 15) is 13.2 Å². The Balaban J connectivity index is 3.18. The maximum atomic E-state index is 12.5. The third-order valence-corrected chi connectivity index (χ3v) is 4.79. The number of benzene rings is 1. The zero-order chi connectivity index (χ0) is 15.5. The molecule has 0 N–H and O–H groups in total. The molecule has 0 bridgehead atoms. The second-order valence-corrected chi connectivity index (χ2v) is 7.33. The van der Waals surface area contributed by atoms with E-state index in [0.29, 0.717) is 17.7 Å². The van der Waals surface area contributed by atoms with Gasteiger partial charge in [0.05, 0.1) is 4.90 Å². The Bertz CT molecular complexity index is 598. The Morgan fingerprint density at radius 1 is 1.35 bits per heavy atom. The van der Waals surface area contributed by atoms with Crippen LogP contribution in [0.4, 0.5) is 0 Å². The topological polar surface area (TPSA) is 54.5 Å². The van der Waals surface area contributed by atoms with Crippen LogP contribution in [0.1, 0.15) is 43.1 Å². The van der Waals surface area contributed by atoms with Crippen LogP contribution in [0.25, 0.3) is 0 Å². The van der Waals surface area contributed by atoms with Gasteiger partial charge in [0.2, 0.25) is 0 Å². The highest BCUT2D eigenvalue weighted by Crippen LogP contribution is 2.21. The van der Waals surface area contributed by atoms with Crippen molar-refractivity contribution in [1.29, 1.82) is 0 Å². The summed E-state index contributed by atoms with van der Waals surface area (Å²) < 4.78 is 22.6. The smallest absolute Gasteiger partial charge is 0.261 e. The fourth-order valence-corrected chi connectivity index (χ4v) is 2.89. The Kier molecular flexibility index (Phi) is 5.59. The molecule has 6 heteroatoms. The molecule has 0 aliphatic heterocycles. The number of rotatable bonds is 5. The number of carbonyl (C=O) groups is 1. The molecule has 0 spiro atoms. The van der Waals surface area contributed by atoms with Crippen LogP contribution < -0.4 is 0 Å². The van der Waals surface area contributed by atoms with Crippen LogP contribution in [-0.4, -0.2) is 31.8 Å². The van der Waals surface area contributed by atoms with Gasteiger partial charge in [0.15, 0.2) is 0 Å². The first kappa shape index (κ1) is 17.0. The number of hydrogen-bond acceptors (Lipinski definition) is 3. The van der Waals surface area contributed by atoms with Crippen LogP contribution >= 0.6 is 10.7 Å². The summed E-state index contributed by atoms with van der Waals surface area (Å²) >= 11 is 0. The molecule has 0 aliphatic carbocycles. The molecule has 1 amide bonds. The second kappa shape index (κ2) is 6.59. The van der Waals surface area contributed by atoms with Crippen molar-refractivity contribution in [2.75, 3.05) is 6.54 Å². The van der Waals surface area contributed by atoms with E-state index in [-0.39, 0.29) is 16.8 Å². The zero-order valence-electron chi connectivity index (χ0n) is 12.2. The lowest BCUT2D eigenvalue weighted by molar-refractivity contribution is 0.0699. The van der Waals surface area contributed by atoms with Crippen molar-refractivity contribution in [3.63, 3.8) is 0 Å². The molecule has 0 saturated carbocycles. The van der Waals surface area contributed by atoms with Crippen LogP contribution in [0.2, 0.25) is 0 Å². The highest BCUT2D eigenvalue weighted by molar-refractivity contribution is 8.13. The number of aryl methyl sites for hydroxylation is 1. The number of hydrogen-bond donors (Lipinski definition) is 0. The van der Waals surface area contributed by atoms with Gasteiger partial charge < -0.3 is 4.90 Å². The zero-order valence-corrected chi connectivity index (χ0v) is 13.8. The Morgan fingerprint density at radius 3 is 2.35 bits per heavy atom. The first-order valence-corrected chi connectivity index (χ1v) is 8.89. The lowest BCUT2D eigenvalue weighted by Gasteiger charge is -2.28. The summed E-state index contributed by atoms with van der Waals surface area (Å²) in [5.41, 5.74) is 1.12. The molecule has 20 heavy (non-hydrogen) atoms. The highest BCUT2D eigenvalue weighted by Gasteiger charge is 2.21. The molecule has 1 rings (SSSR count). The predicted molar refractivity (Wildman–Crippen MR) is 80.7 cm³/mol. The van der Waals surface area contributed by atoms with Crippen LogP contribution in [0.15, 0.2) is 23.1 Å². The lowest BCUT2D eigenvalue weighted by Crippen LogP contribution is -2.38. The minimum absolute atomic E-state index is 0.0137. The Morgan fingerprint density at radius 2 is 1.95 bits per heavy atom. The summed E-state index contributed by atoms with van der Waals surface area (Å²) in [5.74, 6) is -0.0853. The molecule has 112 valence electrons. The number of carbonyl (C=O) groups excluding carboxylic acids is 1. The lowest BCUT2D eigenvalue weighted by atomic mass is 10.1. The first-order chi connectivity index (χ1) is 9.22. The van der Waals surface area contributed by atoms with Gasteiger partial charge in [-0.05, 0) is 51.0 Å². The van der Waals surface area contributed by atoms with E-state index < -0.39 is 9.05 Å². The molecule has 0 saturated heterocycles. The monoisotopic (exact) mass is 317 g/mol. The van der Waals surface area contributed by atoms with Gasteiger partial charge >= 0.3 is 0 Å². The van der Waals surface area contributed by atoms with Crippen molar-refractivity contribution >= 4 is 25.6 Å². The molecule has 4 nitrogen and oxygen atoms in total. The predicted octanol–water partition coefficient (Wildman–Crippen LogP) is 3.18. The van der Waals surface area contributed by atoms with Crippen LogP contribution in [0, 0.1) is 6.92 Å². The van der Waals surface area contributed by atoms with Crippen LogP contribution in [-0.2, 0) is 9.05 Å². The largest absolute Gasteiger partial charge is 0.336 e. The van der Waals surface area contributed by atoms with E-state index in [2.05, 4.69) is 0 Å². The van der Waals surface area contributed by atoms with E-state index in [1.54, 1.807) is 11.8 Å². The summed E-state index contributed by atoms with van der Waals surface area (Å²) in [6, 6.07) is 4.47. The average molecular weight is 318 g/mol. The van der Waals surface area contributed by atoms with Crippen molar-refractivity contribution in [3.05, 3.63) is 29.3 Å². The maximum absolute atomic E-state index is 12.5. The molecule has 1 unspecified atom stereocenters. The van der Waals surface area contributed by atoms with Gasteiger partial charge in [-0.25, -0.2) is 8.42 Å². The molecular weight excluding hydrogens is 298 g/mol. The van der Waals surface area contributed by atoms with Crippen molar-refractivity contribution < 1.29 is 13.2 Å². The second-order valence-electron chi connectivity index (χ2n) is 4.76. The highest BCUT2D eigenvalue weighted by atomic mass is 35.7. The molecule has 0 aliphatic rings. The number of halogens is 1. The fourth-order valence-electron chi connectivity index (χ4n) is 2.06. The average Bonchev–Trinajstić information content (AvgIpc) is 2.37. The summed E-state index contributed by atoms with van der Waals surface area (Å²) in [6.45, 7) is 8.27. The summed E-state index contributed by atoms with van der Waals surface area (Å²) in [7, 11) is 1.53. The van der Waals surface area contributed by atoms with Crippen molar-refractivity contribution in [2.24, 2.45) is 0 Å². The molecule has 1 aromatic carbocycles. The van der Waals surface area contributed by atoms with E-state index in [4.69, 9.17) is 10.7 Å². The third-order valence-electron chi connectivity index (χ3n) is 3.43. The van der Waals surface area contributed by atoms with Gasteiger partial charge in [-0.1, -0.05) is 6.92 Å². The van der Waals surface area contributed by atoms with E-state index in [1.165, 1.54) is 18.2 Å². The quantitative estimate of drug-likeness (QED) is 0.784. The molecule has 0 radical (unpaired) electrons. The first-order valence-electron chi connectivity index (χ1n) is 6.58. The van der Waals surface area contributed by atoms with Crippen molar-refractivity contribution in [1.82, 2.24) is 4.90 Å². The van der Waals surface area contributed by atoms with Crippen molar-refractivity contribution in [3.8, 4) is 0 Å². The van der Waals surface area contributed by atoms with E-state index in [1.807, 2.05) is 20.8 Å². The number of amides is 1. The SMILES string of the molecule is CCC(C)N(CC)C(=O)c1ccc(S(=O)(=O)Cl)cc1C. The van der Waals surface area contributed by atoms with Gasteiger partial charge in [0, 0.05) is 28.8 Å². The standard InChI is InChI=1S/C14H20ClNO3S/c1-5-11(4)16(6-2)14(17)13-8-7-12(9-10(13)3)20(15,18)19/h7-9,11H,5-6H2,1-4H3. The minimum atomic E-state index is -3.77. The summed E-state index contributed by atoms with van der Waals surface area (Å²) in [6.07, 6.45) is 0.868. The van der Waals surface area contributed by atoms with Gasteiger partial charge in [-0.15, -0.1) is 0 Å². The fraction of sp³-hybridized carbons (Fsp3) is 0.500. The Hall–Kier alpha value is -1.07. The third kappa shape index (κ3) is 3.73. The van der Waals surface area contributed by atoms with Gasteiger partial charge in [-0.3, -0.25) is 4.79 Å². The summed E-state index contributed by atoms with van der Waals surface area (Å²) in [4.78, 5) is 14.3. The normalized spacial score (nSPS) is 13.1. The number of nitrogens with zero attached hydrogens (tertiary/aromatic N) is 1. The van der Waals surface area contributed by atoms with Gasteiger partial charge in [-0.2, -0.15) is 0 Å². The minimum Gasteiger partial charge on any atom is -0.336 e. The molecule has 0 aromatic heterocycles. The molecule has 0 heterocycles. The molecule has 1 aromatic rings. The molecule has 0 fully saturated rings. The van der Waals surface area contributed by atoms with E-state index >= 15 is 0 Å². The van der Waals surface area contributed by atoms with Crippen molar-refractivity contribution in [2.45, 2.75) is 45.1 Å². The van der Waals surface area contributed by atoms with Crippen LogP contribution in [0.5, 0.6) is 0 Å². The molecular formula is C14H20ClNO3S. The van der Waals surface area contributed by atoms with E-state index in [0.717, 1.165) is 6.42 Å². The summed E-state index contributed by atoms with van der Waals surface area (Å²) in [5, 5.41) is 0. The van der Waals surface area contributed by atoms with Crippen LogP contribution in [0.3, 0.4) is 0 Å². The molecule has 1 atom stereocenters. The van der Waals surface area contributed by atoms with Gasteiger partial charge in [0.1, 0.15) is 0 Å².